The van der Waals surface area contributed by atoms with E-state index in [0.717, 1.165) is 5.56 Å². The first-order valence-corrected chi connectivity index (χ1v) is 6.57. The van der Waals surface area contributed by atoms with Crippen LogP contribution in [0, 0.1) is 0 Å². The molecule has 1 heterocycles. The second kappa shape index (κ2) is 5.15. The van der Waals surface area contributed by atoms with Crippen LogP contribution in [0.15, 0.2) is 30.3 Å². The topological polar surface area (TPSA) is 66.8 Å². The Kier molecular flexibility index (Phi) is 3.70. The van der Waals surface area contributed by atoms with E-state index in [1.165, 1.54) is 4.90 Å². The van der Waals surface area contributed by atoms with Crippen LogP contribution in [-0.2, 0) is 9.53 Å². The summed E-state index contributed by atoms with van der Waals surface area (Å²) >= 11 is 0. The zero-order chi connectivity index (χ0) is 14.9. The molecule has 1 fully saturated rings. The van der Waals surface area contributed by atoms with Crippen molar-refractivity contribution in [1.29, 1.82) is 0 Å². The molecule has 0 aliphatic carbocycles. The van der Waals surface area contributed by atoms with Crippen LogP contribution < -0.4 is 0 Å². The second-order valence-corrected chi connectivity index (χ2v) is 5.93. The number of benzene rings is 1. The van der Waals surface area contributed by atoms with E-state index >= 15 is 0 Å². The largest absolute Gasteiger partial charge is 0.480 e. The highest BCUT2D eigenvalue weighted by atomic mass is 16.6. The van der Waals surface area contributed by atoms with Gasteiger partial charge in [0.2, 0.25) is 0 Å². The Labute approximate surface area is 118 Å². The average molecular weight is 277 g/mol. The van der Waals surface area contributed by atoms with Gasteiger partial charge in [0.25, 0.3) is 0 Å². The Morgan fingerprint density at radius 3 is 2.35 bits per heavy atom. The van der Waals surface area contributed by atoms with Crippen molar-refractivity contribution in [3.8, 4) is 0 Å². The Bertz CT molecular complexity index is 506. The Hall–Kier alpha value is -2.04. The molecule has 0 radical (unpaired) electrons. The third kappa shape index (κ3) is 2.92. The van der Waals surface area contributed by atoms with Gasteiger partial charge in [-0.15, -0.1) is 0 Å². The number of hydrogen-bond donors (Lipinski definition) is 1. The van der Waals surface area contributed by atoms with Crippen LogP contribution in [0.25, 0.3) is 0 Å². The van der Waals surface area contributed by atoms with Gasteiger partial charge in [-0.2, -0.15) is 0 Å². The molecular weight excluding hydrogens is 258 g/mol. The molecular formula is C15H19NO4. The Morgan fingerprint density at radius 1 is 1.25 bits per heavy atom. The maximum absolute atomic E-state index is 12.0. The lowest BCUT2D eigenvalue weighted by molar-refractivity contribution is -0.149. The number of aliphatic carboxylic acids is 1. The summed E-state index contributed by atoms with van der Waals surface area (Å²) < 4.78 is 5.23. The lowest BCUT2D eigenvalue weighted by Crippen LogP contribution is -2.61. The number of hydrogen-bond acceptors (Lipinski definition) is 3. The van der Waals surface area contributed by atoms with Crippen LogP contribution in [0.5, 0.6) is 0 Å². The number of ether oxygens (including phenoxy) is 1. The SMILES string of the molecule is CC(C)(C)OC(=O)N1C[C@@H](c2ccccc2)[C@@H]1C(=O)O. The van der Waals surface area contributed by atoms with Crippen LogP contribution >= 0.6 is 0 Å². The van der Waals surface area contributed by atoms with Gasteiger partial charge in [0.15, 0.2) is 0 Å². The molecule has 0 saturated carbocycles. The minimum absolute atomic E-state index is 0.179. The van der Waals surface area contributed by atoms with Gasteiger partial charge in [-0.1, -0.05) is 30.3 Å². The molecule has 1 aliphatic rings. The summed E-state index contributed by atoms with van der Waals surface area (Å²) in [6.07, 6.45) is -0.572. The molecule has 5 nitrogen and oxygen atoms in total. The third-order valence-corrected chi connectivity index (χ3v) is 3.22. The number of carboxylic acid groups (broad SMARTS) is 1. The Morgan fingerprint density at radius 2 is 1.85 bits per heavy atom. The van der Waals surface area contributed by atoms with Gasteiger partial charge >= 0.3 is 12.1 Å². The molecule has 1 amide bonds. The number of amides is 1. The van der Waals surface area contributed by atoms with Gasteiger partial charge in [-0.25, -0.2) is 9.59 Å². The van der Waals surface area contributed by atoms with Crippen molar-refractivity contribution in [2.45, 2.75) is 38.3 Å². The smallest absolute Gasteiger partial charge is 0.411 e. The molecule has 0 unspecified atom stereocenters. The maximum Gasteiger partial charge on any atom is 0.411 e. The number of carbonyl (C=O) groups is 2. The van der Waals surface area contributed by atoms with Crippen molar-refractivity contribution in [3.05, 3.63) is 35.9 Å². The fourth-order valence-electron chi connectivity index (χ4n) is 2.31. The molecule has 0 bridgehead atoms. The average Bonchev–Trinajstić information content (AvgIpc) is 2.25. The predicted octanol–water partition coefficient (Wildman–Crippen LogP) is 2.47. The van der Waals surface area contributed by atoms with E-state index in [9.17, 15) is 14.7 Å². The van der Waals surface area contributed by atoms with E-state index in [1.807, 2.05) is 30.3 Å². The molecule has 1 aliphatic heterocycles. The van der Waals surface area contributed by atoms with Crippen molar-refractivity contribution in [3.63, 3.8) is 0 Å². The van der Waals surface area contributed by atoms with Crippen LogP contribution in [0.3, 0.4) is 0 Å². The lowest BCUT2D eigenvalue weighted by atomic mass is 9.83. The molecule has 1 saturated heterocycles. The van der Waals surface area contributed by atoms with Crippen molar-refractivity contribution in [1.82, 2.24) is 4.90 Å². The number of rotatable bonds is 2. The zero-order valence-electron chi connectivity index (χ0n) is 11.9. The van der Waals surface area contributed by atoms with Crippen molar-refractivity contribution >= 4 is 12.1 Å². The summed E-state index contributed by atoms with van der Waals surface area (Å²) in [5.41, 5.74) is 0.303. The van der Waals surface area contributed by atoms with E-state index in [2.05, 4.69) is 0 Å². The minimum atomic E-state index is -1.00. The van der Waals surface area contributed by atoms with Crippen molar-refractivity contribution in [2.24, 2.45) is 0 Å². The highest BCUT2D eigenvalue weighted by Gasteiger charge is 2.48. The summed E-state index contributed by atoms with van der Waals surface area (Å²) in [7, 11) is 0. The normalized spacial score (nSPS) is 22.1. The first kappa shape index (κ1) is 14.4. The molecule has 0 spiro atoms. The van der Waals surface area contributed by atoms with Crippen LogP contribution in [0.2, 0.25) is 0 Å². The summed E-state index contributed by atoms with van der Waals surface area (Å²) in [6.45, 7) is 5.65. The standard InChI is InChI=1S/C15H19NO4/c1-15(2,3)20-14(19)16-9-11(12(16)13(17)18)10-7-5-4-6-8-10/h4-8,11-12H,9H2,1-3H3,(H,17,18)/t11-,12+/m0/s1. The first-order chi connectivity index (χ1) is 9.29. The first-order valence-electron chi connectivity index (χ1n) is 6.57. The van der Waals surface area contributed by atoms with E-state index < -0.39 is 23.7 Å². The van der Waals surface area contributed by atoms with Crippen molar-refractivity contribution in [2.75, 3.05) is 6.54 Å². The predicted molar refractivity (Wildman–Crippen MR) is 73.5 cm³/mol. The molecule has 5 heteroatoms. The molecule has 2 rings (SSSR count). The number of likely N-dealkylation sites (tertiary alicyclic amines) is 1. The van der Waals surface area contributed by atoms with Gasteiger partial charge in [-0.05, 0) is 26.3 Å². The van der Waals surface area contributed by atoms with E-state index in [1.54, 1.807) is 20.8 Å². The minimum Gasteiger partial charge on any atom is -0.480 e. The Balaban J connectivity index is 2.12. The molecule has 108 valence electrons. The number of carbonyl (C=O) groups excluding carboxylic acids is 1. The molecule has 20 heavy (non-hydrogen) atoms. The van der Waals surface area contributed by atoms with Crippen LogP contribution in [-0.4, -0.2) is 40.3 Å². The molecule has 2 atom stereocenters. The van der Waals surface area contributed by atoms with Gasteiger partial charge in [-0.3, -0.25) is 4.90 Å². The van der Waals surface area contributed by atoms with Crippen LogP contribution in [0.1, 0.15) is 32.3 Å². The quantitative estimate of drug-likeness (QED) is 0.901. The highest BCUT2D eigenvalue weighted by Crippen LogP contribution is 2.35. The van der Waals surface area contributed by atoms with Gasteiger partial charge in [0.05, 0.1) is 0 Å². The fourth-order valence-corrected chi connectivity index (χ4v) is 2.31. The molecule has 1 aromatic rings. The second-order valence-electron chi connectivity index (χ2n) is 5.93. The lowest BCUT2D eigenvalue weighted by Gasteiger charge is -2.45. The summed E-state index contributed by atoms with van der Waals surface area (Å²) in [4.78, 5) is 24.6. The fraction of sp³-hybridized carbons (Fsp3) is 0.467. The monoisotopic (exact) mass is 277 g/mol. The number of nitrogens with zero attached hydrogens (tertiary/aromatic N) is 1. The molecule has 1 aromatic carbocycles. The van der Waals surface area contributed by atoms with Gasteiger partial charge < -0.3 is 9.84 Å². The molecule has 1 N–H and O–H groups in total. The van der Waals surface area contributed by atoms with Gasteiger partial charge in [0.1, 0.15) is 11.6 Å². The highest BCUT2D eigenvalue weighted by molar-refractivity contribution is 5.83. The van der Waals surface area contributed by atoms with E-state index in [4.69, 9.17) is 4.74 Å². The van der Waals surface area contributed by atoms with Crippen molar-refractivity contribution < 1.29 is 19.4 Å². The maximum atomic E-state index is 12.0. The van der Waals surface area contributed by atoms with Gasteiger partial charge in [0, 0.05) is 12.5 Å². The summed E-state index contributed by atoms with van der Waals surface area (Å²) in [5.74, 6) is -1.18. The summed E-state index contributed by atoms with van der Waals surface area (Å²) in [5, 5.41) is 9.33. The van der Waals surface area contributed by atoms with E-state index in [-0.39, 0.29) is 5.92 Å². The molecule has 0 aromatic heterocycles. The summed E-state index contributed by atoms with van der Waals surface area (Å²) in [6, 6.07) is 8.52. The number of carboxylic acids is 1. The van der Waals surface area contributed by atoms with Crippen LogP contribution in [0.4, 0.5) is 4.79 Å². The third-order valence-electron chi connectivity index (χ3n) is 3.22. The van der Waals surface area contributed by atoms with E-state index in [0.29, 0.717) is 6.54 Å². The zero-order valence-corrected chi connectivity index (χ0v) is 11.9.